The summed E-state index contributed by atoms with van der Waals surface area (Å²) in [5.74, 6) is -0.199. The monoisotopic (exact) mass is 426 g/mol. The number of amides is 2. The third-order valence-corrected chi connectivity index (χ3v) is 5.44. The van der Waals surface area contributed by atoms with Crippen molar-refractivity contribution in [1.29, 1.82) is 0 Å². The van der Waals surface area contributed by atoms with Crippen LogP contribution in [-0.2, 0) is 17.5 Å². The van der Waals surface area contributed by atoms with E-state index in [0.29, 0.717) is 35.1 Å². The highest BCUT2D eigenvalue weighted by Crippen LogP contribution is 2.29. The minimum atomic E-state index is -4.42. The van der Waals surface area contributed by atoms with Crippen molar-refractivity contribution in [2.45, 2.75) is 32.0 Å². The lowest BCUT2D eigenvalue weighted by molar-refractivity contribution is -0.137. The molecule has 3 rings (SSSR count). The molecule has 0 bridgehead atoms. The molecule has 2 amide bonds. The lowest BCUT2D eigenvalue weighted by Gasteiger charge is -2.14. The van der Waals surface area contributed by atoms with Crippen LogP contribution in [0.15, 0.2) is 30.5 Å². The molecule has 156 valence electrons. The summed E-state index contributed by atoms with van der Waals surface area (Å²) >= 11 is 1.17. The molecule has 1 saturated heterocycles. The van der Waals surface area contributed by atoms with Crippen LogP contribution in [0.2, 0.25) is 0 Å². The Morgan fingerprint density at radius 3 is 2.86 bits per heavy atom. The Balaban J connectivity index is 1.44. The van der Waals surface area contributed by atoms with Gasteiger partial charge in [0.05, 0.1) is 11.8 Å². The van der Waals surface area contributed by atoms with Crippen LogP contribution in [0.3, 0.4) is 0 Å². The molecular formula is C19H21F3N4O2S. The summed E-state index contributed by atoms with van der Waals surface area (Å²) in [6.07, 6.45) is -0.669. The topological polar surface area (TPSA) is 74.3 Å². The number of thiazole rings is 1. The molecule has 1 aromatic heterocycles. The number of benzene rings is 1. The van der Waals surface area contributed by atoms with Crippen LogP contribution < -0.4 is 10.6 Å². The largest absolute Gasteiger partial charge is 0.416 e. The van der Waals surface area contributed by atoms with Gasteiger partial charge in [0.1, 0.15) is 4.88 Å². The third-order valence-electron chi connectivity index (χ3n) is 4.49. The van der Waals surface area contributed by atoms with Crippen molar-refractivity contribution < 1.29 is 22.8 Å². The van der Waals surface area contributed by atoms with E-state index in [0.717, 1.165) is 31.5 Å². The van der Waals surface area contributed by atoms with Gasteiger partial charge < -0.3 is 15.5 Å². The van der Waals surface area contributed by atoms with E-state index in [2.05, 4.69) is 15.6 Å². The van der Waals surface area contributed by atoms with Crippen molar-refractivity contribution in [3.8, 4) is 0 Å². The normalized spacial score (nSPS) is 14.3. The van der Waals surface area contributed by atoms with Crippen molar-refractivity contribution >= 4 is 28.3 Å². The van der Waals surface area contributed by atoms with E-state index >= 15 is 0 Å². The van der Waals surface area contributed by atoms with Gasteiger partial charge in [0, 0.05) is 32.6 Å². The number of carbonyl (C=O) groups is 2. The van der Waals surface area contributed by atoms with Crippen LogP contribution in [0.5, 0.6) is 0 Å². The van der Waals surface area contributed by atoms with Gasteiger partial charge in [-0.25, -0.2) is 4.98 Å². The summed E-state index contributed by atoms with van der Waals surface area (Å²) in [6.45, 7) is 2.13. The van der Waals surface area contributed by atoms with Gasteiger partial charge in [0.15, 0.2) is 5.13 Å². The lowest BCUT2D eigenvalue weighted by atomic mass is 10.1. The van der Waals surface area contributed by atoms with E-state index in [1.54, 1.807) is 0 Å². The smallest absolute Gasteiger partial charge is 0.361 e. The maximum atomic E-state index is 12.7. The number of hydrogen-bond donors (Lipinski definition) is 2. The standard InChI is InChI=1S/C19H21F3N4O2S/c20-19(21,22)14-5-1-4-13(10-14)11-24-17(28)15-12-25-18(29-15)23-7-3-9-26-8-2-6-16(26)27/h1,4-5,10,12H,2-3,6-9,11H2,(H,23,25)(H,24,28). The number of likely N-dealkylation sites (tertiary alicyclic amines) is 1. The molecule has 1 aliphatic rings. The molecule has 10 heteroatoms. The minimum absolute atomic E-state index is 0.00667. The number of alkyl halides is 3. The summed E-state index contributed by atoms with van der Waals surface area (Å²) in [7, 11) is 0. The highest BCUT2D eigenvalue weighted by molar-refractivity contribution is 7.17. The predicted molar refractivity (Wildman–Crippen MR) is 104 cm³/mol. The van der Waals surface area contributed by atoms with E-state index in [1.807, 2.05) is 4.90 Å². The Hall–Kier alpha value is -2.62. The highest BCUT2D eigenvalue weighted by Gasteiger charge is 2.30. The fourth-order valence-electron chi connectivity index (χ4n) is 2.99. The number of nitrogens with zero attached hydrogens (tertiary/aromatic N) is 2. The Morgan fingerprint density at radius 1 is 1.31 bits per heavy atom. The Labute approximate surface area is 170 Å². The Kier molecular flexibility index (Phi) is 6.73. The molecule has 0 atom stereocenters. The number of hydrogen-bond acceptors (Lipinski definition) is 5. The average molecular weight is 426 g/mol. The summed E-state index contributed by atoms with van der Waals surface area (Å²) in [5, 5.41) is 6.31. The summed E-state index contributed by atoms with van der Waals surface area (Å²) in [6, 6.07) is 4.85. The highest BCUT2D eigenvalue weighted by atomic mass is 32.1. The van der Waals surface area contributed by atoms with Gasteiger partial charge in [-0.15, -0.1) is 0 Å². The first-order valence-electron chi connectivity index (χ1n) is 9.25. The van der Waals surface area contributed by atoms with E-state index in [-0.39, 0.29) is 12.5 Å². The van der Waals surface area contributed by atoms with Gasteiger partial charge in [0.2, 0.25) is 5.91 Å². The van der Waals surface area contributed by atoms with Crippen molar-refractivity contribution in [3.05, 3.63) is 46.5 Å². The Morgan fingerprint density at radius 2 is 2.14 bits per heavy atom. The van der Waals surface area contributed by atoms with Gasteiger partial charge in [-0.1, -0.05) is 23.5 Å². The molecule has 29 heavy (non-hydrogen) atoms. The molecule has 6 nitrogen and oxygen atoms in total. The van der Waals surface area contributed by atoms with Crippen molar-refractivity contribution in [3.63, 3.8) is 0 Å². The zero-order valence-corrected chi connectivity index (χ0v) is 16.4. The lowest BCUT2D eigenvalue weighted by Crippen LogP contribution is -2.26. The van der Waals surface area contributed by atoms with Crippen LogP contribution in [-0.4, -0.2) is 41.3 Å². The van der Waals surface area contributed by atoms with Crippen LogP contribution in [0.25, 0.3) is 0 Å². The third kappa shape index (κ3) is 5.93. The summed E-state index contributed by atoms with van der Waals surface area (Å²) in [4.78, 5) is 30.1. The van der Waals surface area contributed by atoms with Gasteiger partial charge in [-0.2, -0.15) is 13.2 Å². The van der Waals surface area contributed by atoms with Crippen molar-refractivity contribution in [2.75, 3.05) is 25.0 Å². The second kappa shape index (κ2) is 9.25. The van der Waals surface area contributed by atoms with Crippen LogP contribution in [0.4, 0.5) is 18.3 Å². The number of carbonyl (C=O) groups excluding carboxylic acids is 2. The molecule has 0 unspecified atom stereocenters. The molecule has 0 aliphatic carbocycles. The van der Waals surface area contributed by atoms with E-state index in [1.165, 1.54) is 29.7 Å². The van der Waals surface area contributed by atoms with Gasteiger partial charge in [0.25, 0.3) is 5.91 Å². The molecule has 0 saturated carbocycles. The SMILES string of the molecule is O=C(NCc1cccc(C(F)(F)F)c1)c1cnc(NCCCN2CCCC2=O)s1. The Bertz CT molecular complexity index is 869. The molecule has 1 aromatic carbocycles. The average Bonchev–Trinajstić information content (AvgIpc) is 3.32. The number of rotatable bonds is 8. The predicted octanol–water partition coefficient (Wildman–Crippen LogP) is 3.52. The van der Waals surface area contributed by atoms with Crippen LogP contribution in [0.1, 0.15) is 40.1 Å². The number of aromatic nitrogens is 1. The maximum Gasteiger partial charge on any atom is 0.416 e. The van der Waals surface area contributed by atoms with Gasteiger partial charge in [-0.05, 0) is 30.5 Å². The molecule has 1 aliphatic heterocycles. The van der Waals surface area contributed by atoms with Gasteiger partial charge >= 0.3 is 6.18 Å². The first-order chi connectivity index (χ1) is 13.8. The molecule has 0 radical (unpaired) electrons. The van der Waals surface area contributed by atoms with Crippen LogP contribution >= 0.6 is 11.3 Å². The minimum Gasteiger partial charge on any atom is -0.361 e. The summed E-state index contributed by atoms with van der Waals surface area (Å²) < 4.78 is 38.2. The second-order valence-corrected chi connectivity index (χ2v) is 7.71. The molecule has 2 N–H and O–H groups in total. The van der Waals surface area contributed by atoms with Crippen LogP contribution in [0, 0.1) is 0 Å². The molecular weight excluding hydrogens is 405 g/mol. The molecule has 2 heterocycles. The molecule has 2 aromatic rings. The van der Waals surface area contributed by atoms with Crippen molar-refractivity contribution in [2.24, 2.45) is 0 Å². The van der Waals surface area contributed by atoms with E-state index in [4.69, 9.17) is 0 Å². The maximum absolute atomic E-state index is 12.7. The summed E-state index contributed by atoms with van der Waals surface area (Å²) in [5.41, 5.74) is -0.378. The molecule has 1 fully saturated rings. The van der Waals surface area contributed by atoms with Crippen molar-refractivity contribution in [1.82, 2.24) is 15.2 Å². The fraction of sp³-hybridized carbons (Fsp3) is 0.421. The fourth-order valence-corrected chi connectivity index (χ4v) is 3.75. The van der Waals surface area contributed by atoms with Gasteiger partial charge in [-0.3, -0.25) is 9.59 Å². The second-order valence-electron chi connectivity index (χ2n) is 6.68. The van der Waals surface area contributed by atoms with E-state index < -0.39 is 17.6 Å². The zero-order chi connectivity index (χ0) is 20.9. The first-order valence-corrected chi connectivity index (χ1v) is 10.1. The first kappa shape index (κ1) is 21.1. The number of nitrogens with one attached hydrogen (secondary N) is 2. The van der Waals surface area contributed by atoms with E-state index in [9.17, 15) is 22.8 Å². The zero-order valence-electron chi connectivity index (χ0n) is 15.6. The number of anilines is 1. The number of halogens is 3. The molecule has 0 spiro atoms. The quantitative estimate of drug-likeness (QED) is 0.634.